The van der Waals surface area contributed by atoms with Crippen molar-refractivity contribution < 1.29 is 24.5 Å². The van der Waals surface area contributed by atoms with Crippen molar-refractivity contribution in [2.24, 2.45) is 0 Å². The molecule has 0 aliphatic heterocycles. The second-order valence-corrected chi connectivity index (χ2v) is 28.1. The summed E-state index contributed by atoms with van der Waals surface area (Å²) in [5.41, 5.74) is 0. The van der Waals surface area contributed by atoms with Gasteiger partial charge in [-0.05, 0) is 25.7 Å². The van der Waals surface area contributed by atoms with Crippen molar-refractivity contribution in [1.29, 1.82) is 0 Å². The van der Waals surface area contributed by atoms with Gasteiger partial charge in [-0.25, -0.2) is 0 Å². The van der Waals surface area contributed by atoms with Gasteiger partial charge in [0, 0.05) is 12.8 Å². The zero-order valence-corrected chi connectivity index (χ0v) is 59.1. The molecule has 0 aromatic rings. The number of carbonyl (C=O) groups is 2. The van der Waals surface area contributed by atoms with E-state index in [1.54, 1.807) is 0 Å². The molecule has 0 aromatic carbocycles. The molecule has 6 nitrogen and oxygen atoms in total. The summed E-state index contributed by atoms with van der Waals surface area (Å²) in [6.45, 7) is 5.02. The molecule has 0 spiro atoms. The summed E-state index contributed by atoms with van der Waals surface area (Å²) in [6.07, 6.45) is 94.9. The molecular weight excluding hydrogens is 1050 g/mol. The van der Waals surface area contributed by atoms with Crippen LogP contribution in [0.5, 0.6) is 0 Å². The largest absolute Gasteiger partial charge is 0.466 e. The quantitative estimate of drug-likeness (QED) is 0.0417. The summed E-state index contributed by atoms with van der Waals surface area (Å²) in [4.78, 5) is 24.7. The molecule has 0 fully saturated rings. The molecule has 0 aliphatic carbocycles. The molecule has 0 rings (SSSR count). The van der Waals surface area contributed by atoms with Gasteiger partial charge in [0.2, 0.25) is 5.91 Å². The van der Waals surface area contributed by atoms with Crippen LogP contribution in [0.2, 0.25) is 0 Å². The third-order valence-corrected chi connectivity index (χ3v) is 19.4. The predicted molar refractivity (Wildman–Crippen MR) is 380 cm³/mol. The predicted octanol–water partition coefficient (Wildman–Crippen LogP) is 26.5. The topological polar surface area (TPSA) is 95.9 Å². The summed E-state index contributed by atoms with van der Waals surface area (Å²) in [5, 5.41) is 23.5. The molecule has 86 heavy (non-hydrogen) atoms. The fraction of sp³-hybridized carbons (Fsp3) is 0.975. The molecule has 2 unspecified atom stereocenters. The van der Waals surface area contributed by atoms with Gasteiger partial charge in [0.1, 0.15) is 0 Å². The van der Waals surface area contributed by atoms with Crippen LogP contribution < -0.4 is 5.32 Å². The van der Waals surface area contributed by atoms with Crippen LogP contribution in [0, 0.1) is 0 Å². The van der Waals surface area contributed by atoms with Gasteiger partial charge in [0.25, 0.3) is 0 Å². The Morgan fingerprint density at radius 1 is 0.279 bits per heavy atom. The van der Waals surface area contributed by atoms with E-state index in [4.69, 9.17) is 4.74 Å². The number of unbranched alkanes of at least 4 members (excludes halogenated alkanes) is 66. The molecule has 1 amide bonds. The third kappa shape index (κ3) is 71.9. The first-order chi connectivity index (χ1) is 42.5. The maximum atomic E-state index is 12.6. The van der Waals surface area contributed by atoms with Crippen LogP contribution in [0.4, 0.5) is 0 Å². The molecule has 0 saturated carbocycles. The Labute approximate surface area is 540 Å². The van der Waals surface area contributed by atoms with Crippen LogP contribution in [0.15, 0.2) is 0 Å². The maximum Gasteiger partial charge on any atom is 0.305 e. The van der Waals surface area contributed by atoms with Crippen molar-refractivity contribution in [2.45, 2.75) is 488 Å². The average Bonchev–Trinajstić information content (AvgIpc) is 3.58. The van der Waals surface area contributed by atoms with E-state index in [1.165, 1.54) is 405 Å². The van der Waals surface area contributed by atoms with E-state index in [9.17, 15) is 19.8 Å². The zero-order chi connectivity index (χ0) is 62.0. The molecule has 514 valence electrons. The molecule has 2 atom stereocenters. The van der Waals surface area contributed by atoms with Gasteiger partial charge in [-0.1, -0.05) is 438 Å². The monoisotopic (exact) mass is 1210 g/mol. The van der Waals surface area contributed by atoms with E-state index in [1.807, 2.05) is 0 Å². The van der Waals surface area contributed by atoms with E-state index < -0.39 is 12.1 Å². The Balaban J connectivity index is 3.32. The lowest BCUT2D eigenvalue weighted by molar-refractivity contribution is -0.143. The van der Waals surface area contributed by atoms with E-state index in [0.29, 0.717) is 25.9 Å². The minimum absolute atomic E-state index is 0.0240. The van der Waals surface area contributed by atoms with Crippen molar-refractivity contribution >= 4 is 11.9 Å². The summed E-state index contributed by atoms with van der Waals surface area (Å²) < 4.78 is 5.50. The second-order valence-electron chi connectivity index (χ2n) is 28.1. The highest BCUT2D eigenvalue weighted by Gasteiger charge is 2.20. The Kier molecular flexibility index (Phi) is 75.3. The van der Waals surface area contributed by atoms with Gasteiger partial charge < -0.3 is 20.3 Å². The first kappa shape index (κ1) is 84.9. The number of hydrogen-bond donors (Lipinski definition) is 3. The first-order valence-corrected chi connectivity index (χ1v) is 40.3. The Morgan fingerprint density at radius 2 is 0.477 bits per heavy atom. The van der Waals surface area contributed by atoms with Crippen LogP contribution >= 0.6 is 0 Å². The molecule has 6 heteroatoms. The van der Waals surface area contributed by atoms with Crippen molar-refractivity contribution in [2.75, 3.05) is 13.2 Å². The normalized spacial score (nSPS) is 12.4. The summed E-state index contributed by atoms with van der Waals surface area (Å²) in [7, 11) is 0. The maximum absolute atomic E-state index is 12.6. The Morgan fingerprint density at radius 3 is 0.709 bits per heavy atom. The lowest BCUT2D eigenvalue weighted by Gasteiger charge is -2.22. The van der Waals surface area contributed by atoms with E-state index >= 15 is 0 Å². The average molecular weight is 1220 g/mol. The van der Waals surface area contributed by atoms with Gasteiger partial charge in [0.05, 0.1) is 25.4 Å². The number of hydrogen-bond acceptors (Lipinski definition) is 5. The number of ether oxygens (including phenoxy) is 1. The molecule has 0 heterocycles. The number of rotatable bonds is 77. The van der Waals surface area contributed by atoms with Gasteiger partial charge in [0.15, 0.2) is 0 Å². The highest BCUT2D eigenvalue weighted by Crippen LogP contribution is 2.21. The van der Waals surface area contributed by atoms with Crippen LogP contribution in [-0.4, -0.2) is 47.4 Å². The van der Waals surface area contributed by atoms with Crippen LogP contribution in [-0.2, 0) is 14.3 Å². The van der Waals surface area contributed by atoms with E-state index in [0.717, 1.165) is 38.5 Å². The van der Waals surface area contributed by atoms with Crippen molar-refractivity contribution in [3.8, 4) is 0 Å². The standard InChI is InChI=1S/C80H159NO5/c1-3-5-7-9-11-13-15-17-19-20-21-22-23-33-36-39-42-45-48-52-56-60-64-68-72-78(83)77(76-82)81-79(84)73-69-65-61-57-53-49-46-43-40-37-34-31-29-27-25-24-26-28-30-32-35-38-41-44-47-51-55-59-63-67-71-75-86-80(85)74-70-66-62-58-54-50-18-16-14-12-10-8-6-4-2/h77-78,82-83H,3-76H2,1-2H3,(H,81,84). The lowest BCUT2D eigenvalue weighted by Crippen LogP contribution is -2.45. The molecule has 0 bridgehead atoms. The number of aliphatic hydroxyl groups is 2. The minimum atomic E-state index is -0.662. The van der Waals surface area contributed by atoms with E-state index in [2.05, 4.69) is 19.2 Å². The van der Waals surface area contributed by atoms with Crippen molar-refractivity contribution in [3.63, 3.8) is 0 Å². The van der Waals surface area contributed by atoms with Gasteiger partial charge >= 0.3 is 5.97 Å². The van der Waals surface area contributed by atoms with Crippen LogP contribution in [0.1, 0.15) is 476 Å². The number of amides is 1. The molecule has 0 aromatic heterocycles. The van der Waals surface area contributed by atoms with Crippen molar-refractivity contribution in [1.82, 2.24) is 5.32 Å². The van der Waals surface area contributed by atoms with Crippen molar-refractivity contribution in [3.05, 3.63) is 0 Å². The fourth-order valence-electron chi connectivity index (χ4n) is 13.3. The second kappa shape index (κ2) is 76.3. The fourth-order valence-corrected chi connectivity index (χ4v) is 13.3. The van der Waals surface area contributed by atoms with Crippen LogP contribution in [0.25, 0.3) is 0 Å². The van der Waals surface area contributed by atoms with Gasteiger partial charge in [-0.3, -0.25) is 9.59 Å². The van der Waals surface area contributed by atoms with Crippen LogP contribution in [0.3, 0.4) is 0 Å². The van der Waals surface area contributed by atoms with Gasteiger partial charge in [-0.15, -0.1) is 0 Å². The highest BCUT2D eigenvalue weighted by molar-refractivity contribution is 5.76. The summed E-state index contributed by atoms with van der Waals surface area (Å²) >= 11 is 0. The SMILES string of the molecule is CCCCCCCCCCCCCCCCCCCCCCCCCCC(O)C(CO)NC(=O)CCCCCCCCCCCCCCCCCCCCCCCCCCCCCCCCCOC(=O)CCCCCCCCCCCCCCCC. The number of nitrogens with one attached hydrogen (secondary N) is 1. The zero-order valence-electron chi connectivity index (χ0n) is 59.1. The number of carbonyl (C=O) groups excluding carboxylic acids is 2. The third-order valence-electron chi connectivity index (χ3n) is 19.4. The molecule has 0 radical (unpaired) electrons. The highest BCUT2D eigenvalue weighted by atomic mass is 16.5. The molecule has 3 N–H and O–H groups in total. The molecule has 0 saturated heterocycles. The summed E-state index contributed by atoms with van der Waals surface area (Å²) in [5.74, 6) is 0.000521. The summed E-state index contributed by atoms with van der Waals surface area (Å²) in [6, 6.07) is -0.539. The number of aliphatic hydroxyl groups excluding tert-OH is 2. The Hall–Kier alpha value is -1.14. The Bertz CT molecular complexity index is 1260. The smallest absolute Gasteiger partial charge is 0.305 e. The molecular formula is C80H159NO5. The minimum Gasteiger partial charge on any atom is -0.466 e. The van der Waals surface area contributed by atoms with E-state index in [-0.39, 0.29) is 18.5 Å². The van der Waals surface area contributed by atoms with Gasteiger partial charge in [-0.2, -0.15) is 0 Å². The number of esters is 1. The first-order valence-electron chi connectivity index (χ1n) is 40.3. The lowest BCUT2D eigenvalue weighted by atomic mass is 10.0. The molecule has 0 aliphatic rings.